The largest absolute Gasteiger partial charge is 0.416 e. The summed E-state index contributed by atoms with van der Waals surface area (Å²) in [5.41, 5.74) is -4.01. The zero-order valence-corrected chi connectivity index (χ0v) is 12.3. The molecule has 0 unspecified atom stereocenters. The van der Waals surface area contributed by atoms with Crippen LogP contribution in [0.3, 0.4) is 0 Å². The minimum absolute atomic E-state index is 0.474. The van der Waals surface area contributed by atoms with E-state index in [1.165, 1.54) is 0 Å². The Labute approximate surface area is 137 Å². The highest BCUT2D eigenvalue weighted by molar-refractivity contribution is 5.94. The molecule has 0 saturated heterocycles. The van der Waals surface area contributed by atoms with E-state index in [1.54, 1.807) is 5.32 Å². The molecule has 25 heavy (non-hydrogen) atoms. The van der Waals surface area contributed by atoms with Crippen LogP contribution in [-0.4, -0.2) is 12.5 Å². The van der Waals surface area contributed by atoms with Crippen LogP contribution in [0.4, 0.5) is 30.7 Å². The first-order chi connectivity index (χ1) is 11.5. The maximum atomic E-state index is 14.1. The highest BCUT2D eigenvalue weighted by Crippen LogP contribution is 2.39. The van der Waals surface area contributed by atoms with Gasteiger partial charge >= 0.3 is 6.18 Å². The Bertz CT molecular complexity index is 766. The number of carbonyl (C=O) groups excluding carboxylic acids is 1. The van der Waals surface area contributed by atoms with Crippen molar-refractivity contribution in [2.45, 2.75) is 12.1 Å². The highest BCUT2D eigenvalue weighted by Gasteiger charge is 2.42. The Morgan fingerprint density at radius 2 is 1.36 bits per heavy atom. The quantitative estimate of drug-likeness (QED) is 0.794. The average Bonchev–Trinajstić information content (AvgIpc) is 2.52. The van der Waals surface area contributed by atoms with Crippen LogP contribution >= 0.6 is 0 Å². The lowest BCUT2D eigenvalue weighted by Gasteiger charge is -2.21. The van der Waals surface area contributed by atoms with Crippen LogP contribution < -0.4 is 5.32 Å². The predicted octanol–water partition coefficient (Wildman–Crippen LogP) is 4.51. The fourth-order valence-corrected chi connectivity index (χ4v) is 2.14. The van der Waals surface area contributed by atoms with Gasteiger partial charge in [0.15, 0.2) is 0 Å². The van der Waals surface area contributed by atoms with Gasteiger partial charge in [0.25, 0.3) is 11.8 Å². The molecule has 1 amide bonds. The second kappa shape index (κ2) is 6.73. The summed E-state index contributed by atoms with van der Waals surface area (Å²) in [5.74, 6) is -8.17. The van der Waals surface area contributed by atoms with Crippen molar-refractivity contribution in [3.63, 3.8) is 0 Å². The fourth-order valence-electron chi connectivity index (χ4n) is 2.14. The maximum absolute atomic E-state index is 14.1. The van der Waals surface area contributed by atoms with Gasteiger partial charge in [0.05, 0.1) is 12.1 Å². The lowest BCUT2D eigenvalue weighted by Crippen LogP contribution is -2.37. The molecule has 0 saturated carbocycles. The zero-order chi connectivity index (χ0) is 18.8. The normalized spacial score (nSPS) is 12.1. The second-order valence-electron chi connectivity index (χ2n) is 5.03. The maximum Gasteiger partial charge on any atom is 0.416 e. The van der Waals surface area contributed by atoms with Gasteiger partial charge in [-0.15, -0.1) is 0 Å². The number of alkyl halides is 5. The van der Waals surface area contributed by atoms with E-state index >= 15 is 0 Å². The lowest BCUT2D eigenvalue weighted by molar-refractivity contribution is -0.141. The average molecular weight is 365 g/mol. The minimum Gasteiger partial charge on any atom is -0.345 e. The number of nitrogens with one attached hydrogen (secondary N) is 1. The van der Waals surface area contributed by atoms with Crippen LogP contribution in [0.2, 0.25) is 0 Å². The van der Waals surface area contributed by atoms with Crippen molar-refractivity contribution >= 4 is 5.91 Å². The standard InChI is InChI=1S/C16H10F7NO/c17-11-6-3-7-12(18)13(11)14(25)24-8-15(19,20)9-4-1-2-5-10(9)16(21,22)23/h1-7H,8H2,(H,24,25). The molecule has 0 aliphatic rings. The molecule has 2 aromatic rings. The highest BCUT2D eigenvalue weighted by atomic mass is 19.4. The molecule has 0 radical (unpaired) electrons. The van der Waals surface area contributed by atoms with Crippen LogP contribution in [0.5, 0.6) is 0 Å². The molecule has 134 valence electrons. The summed E-state index contributed by atoms with van der Waals surface area (Å²) in [7, 11) is 0. The summed E-state index contributed by atoms with van der Waals surface area (Å²) >= 11 is 0. The minimum atomic E-state index is -5.03. The van der Waals surface area contributed by atoms with Gasteiger partial charge in [0.2, 0.25) is 0 Å². The molecule has 2 aromatic carbocycles. The first kappa shape index (κ1) is 18.8. The van der Waals surface area contributed by atoms with Gasteiger partial charge in [-0.25, -0.2) is 8.78 Å². The van der Waals surface area contributed by atoms with Crippen molar-refractivity contribution in [2.24, 2.45) is 0 Å². The predicted molar refractivity (Wildman–Crippen MR) is 74.0 cm³/mol. The van der Waals surface area contributed by atoms with E-state index in [2.05, 4.69) is 0 Å². The van der Waals surface area contributed by atoms with Crippen LogP contribution in [0.1, 0.15) is 21.5 Å². The summed E-state index contributed by atoms with van der Waals surface area (Å²) in [6, 6.07) is 5.42. The Kier molecular flexibility index (Phi) is 5.05. The van der Waals surface area contributed by atoms with Crippen molar-refractivity contribution in [1.82, 2.24) is 5.32 Å². The molecular formula is C16H10F7NO. The molecule has 0 aliphatic heterocycles. The van der Waals surface area contributed by atoms with Gasteiger partial charge in [0.1, 0.15) is 17.2 Å². The van der Waals surface area contributed by atoms with E-state index < -0.39 is 52.9 Å². The molecule has 9 heteroatoms. The molecule has 2 rings (SSSR count). The number of benzene rings is 2. The Balaban J connectivity index is 2.25. The molecule has 1 N–H and O–H groups in total. The van der Waals surface area contributed by atoms with E-state index in [-0.39, 0.29) is 0 Å². The van der Waals surface area contributed by atoms with Gasteiger partial charge in [-0.3, -0.25) is 4.79 Å². The molecule has 0 bridgehead atoms. The number of carbonyl (C=O) groups is 1. The molecule has 0 fully saturated rings. The van der Waals surface area contributed by atoms with Crippen molar-refractivity contribution in [3.05, 3.63) is 70.8 Å². The Morgan fingerprint density at radius 3 is 1.88 bits per heavy atom. The summed E-state index contributed by atoms with van der Waals surface area (Å²) in [4.78, 5) is 11.7. The van der Waals surface area contributed by atoms with Crippen molar-refractivity contribution in [2.75, 3.05) is 6.54 Å². The molecule has 0 heterocycles. The lowest BCUT2D eigenvalue weighted by atomic mass is 10.0. The number of hydrogen-bond acceptors (Lipinski definition) is 1. The van der Waals surface area contributed by atoms with Crippen molar-refractivity contribution < 1.29 is 35.5 Å². The molecule has 0 atom stereocenters. The molecule has 0 aliphatic carbocycles. The van der Waals surface area contributed by atoms with Gasteiger partial charge in [-0.2, -0.15) is 22.0 Å². The third kappa shape index (κ3) is 4.09. The van der Waals surface area contributed by atoms with Crippen LogP contribution in [0, 0.1) is 11.6 Å². The Hall–Kier alpha value is -2.58. The summed E-state index contributed by atoms with van der Waals surface area (Å²) < 4.78 is 93.6. The van der Waals surface area contributed by atoms with Gasteiger partial charge in [-0.1, -0.05) is 24.3 Å². The molecule has 0 spiro atoms. The summed E-state index contributed by atoms with van der Waals surface area (Å²) in [5, 5.41) is 1.56. The molecule has 0 aromatic heterocycles. The van der Waals surface area contributed by atoms with E-state index in [0.29, 0.717) is 12.1 Å². The topological polar surface area (TPSA) is 29.1 Å². The van der Waals surface area contributed by atoms with Crippen LogP contribution in [0.25, 0.3) is 0 Å². The number of halogens is 7. The number of rotatable bonds is 4. The summed E-state index contributed by atoms with van der Waals surface area (Å²) in [6.45, 7) is -1.56. The van der Waals surface area contributed by atoms with Crippen molar-refractivity contribution in [1.29, 1.82) is 0 Å². The van der Waals surface area contributed by atoms with E-state index in [0.717, 1.165) is 30.3 Å². The first-order valence-corrected chi connectivity index (χ1v) is 6.81. The Morgan fingerprint density at radius 1 is 0.840 bits per heavy atom. The zero-order valence-electron chi connectivity index (χ0n) is 12.3. The van der Waals surface area contributed by atoms with Crippen LogP contribution in [-0.2, 0) is 12.1 Å². The van der Waals surface area contributed by atoms with E-state index in [4.69, 9.17) is 0 Å². The smallest absolute Gasteiger partial charge is 0.345 e. The molecule has 2 nitrogen and oxygen atoms in total. The van der Waals surface area contributed by atoms with E-state index in [9.17, 15) is 35.5 Å². The SMILES string of the molecule is O=C(NCC(F)(F)c1ccccc1C(F)(F)F)c1c(F)cccc1F. The van der Waals surface area contributed by atoms with E-state index in [1.807, 2.05) is 0 Å². The van der Waals surface area contributed by atoms with Gasteiger partial charge in [-0.05, 0) is 18.2 Å². The van der Waals surface area contributed by atoms with Crippen molar-refractivity contribution in [3.8, 4) is 0 Å². The monoisotopic (exact) mass is 365 g/mol. The third-order valence-corrected chi connectivity index (χ3v) is 3.29. The van der Waals surface area contributed by atoms with Gasteiger partial charge in [0, 0.05) is 5.56 Å². The first-order valence-electron chi connectivity index (χ1n) is 6.81. The number of hydrogen-bond donors (Lipinski definition) is 1. The summed E-state index contributed by atoms with van der Waals surface area (Å²) in [6.07, 6.45) is -5.03. The molecular weight excluding hydrogens is 355 g/mol. The van der Waals surface area contributed by atoms with Gasteiger partial charge < -0.3 is 5.32 Å². The third-order valence-electron chi connectivity index (χ3n) is 3.29. The second-order valence-corrected chi connectivity index (χ2v) is 5.03. The van der Waals surface area contributed by atoms with Crippen LogP contribution in [0.15, 0.2) is 42.5 Å². The number of amides is 1. The fraction of sp³-hybridized carbons (Fsp3) is 0.188.